The van der Waals surface area contributed by atoms with E-state index in [0.717, 1.165) is 23.3 Å². The van der Waals surface area contributed by atoms with Gasteiger partial charge in [0.05, 0.1) is 6.10 Å². The first kappa shape index (κ1) is 19.3. The first-order valence-electron chi connectivity index (χ1n) is 9.86. The lowest BCUT2D eigenvalue weighted by Gasteiger charge is -2.22. The second-order valence-corrected chi connectivity index (χ2v) is 7.14. The molecule has 1 aliphatic heterocycles. The van der Waals surface area contributed by atoms with E-state index in [1.807, 2.05) is 42.5 Å². The van der Waals surface area contributed by atoms with Gasteiger partial charge in [0, 0.05) is 0 Å². The largest absolute Gasteiger partial charge is 0.491 e. The Labute approximate surface area is 161 Å². The molecule has 0 radical (unpaired) electrons. The average Bonchev–Trinajstić information content (AvgIpc) is 2.66. The lowest BCUT2D eigenvalue weighted by molar-refractivity contribution is -0.144. The molecule has 0 aromatic heterocycles. The molecule has 0 N–H and O–H groups in total. The molecule has 144 valence electrons. The van der Waals surface area contributed by atoms with Gasteiger partial charge in [-0.15, -0.1) is 0 Å². The summed E-state index contributed by atoms with van der Waals surface area (Å²) < 4.78 is 16.9. The normalized spacial score (nSPS) is 16.9. The Morgan fingerprint density at radius 2 is 1.74 bits per heavy atom. The van der Waals surface area contributed by atoms with E-state index in [1.54, 1.807) is 6.92 Å². The van der Waals surface area contributed by atoms with Gasteiger partial charge in [-0.25, -0.2) is 4.79 Å². The summed E-state index contributed by atoms with van der Waals surface area (Å²) in [5.74, 6) is 1.58. The molecule has 27 heavy (non-hydrogen) atoms. The second-order valence-electron chi connectivity index (χ2n) is 7.14. The minimum Gasteiger partial charge on any atom is -0.491 e. The highest BCUT2D eigenvalue weighted by Gasteiger charge is 2.26. The molecule has 0 saturated heterocycles. The molecular formula is C23H28O4. The summed E-state index contributed by atoms with van der Waals surface area (Å²) in [6.07, 6.45) is 5.76. The molecule has 1 aliphatic rings. The van der Waals surface area contributed by atoms with Crippen molar-refractivity contribution < 1.29 is 19.0 Å². The lowest BCUT2D eigenvalue weighted by atomic mass is 10.0. The third kappa shape index (κ3) is 5.03. The Morgan fingerprint density at radius 3 is 2.48 bits per heavy atom. The monoisotopic (exact) mass is 368 g/mol. The number of carbonyl (C=O) groups excluding carboxylic acids is 1. The summed E-state index contributed by atoms with van der Waals surface area (Å²) in [5.41, 5.74) is 2.01. The number of carbonyl (C=O) groups is 1. The van der Waals surface area contributed by atoms with Crippen molar-refractivity contribution in [3.63, 3.8) is 0 Å². The van der Waals surface area contributed by atoms with Crippen molar-refractivity contribution in [3.8, 4) is 28.4 Å². The molecule has 4 heteroatoms. The van der Waals surface area contributed by atoms with E-state index >= 15 is 0 Å². The molecule has 2 aromatic rings. The SMILES string of the molecule is CCCCCC[C@H](C)Oc1ccc(-c2ccc3c(c2)OC(=O)[C@@H](C)O3)cc1. The van der Waals surface area contributed by atoms with E-state index in [-0.39, 0.29) is 12.1 Å². The van der Waals surface area contributed by atoms with Crippen LogP contribution in [0.4, 0.5) is 0 Å². The van der Waals surface area contributed by atoms with Crippen LogP contribution in [0.1, 0.15) is 52.9 Å². The van der Waals surface area contributed by atoms with E-state index < -0.39 is 6.10 Å². The van der Waals surface area contributed by atoms with Gasteiger partial charge in [-0.3, -0.25) is 0 Å². The van der Waals surface area contributed by atoms with Gasteiger partial charge in [-0.05, 0) is 62.1 Å². The van der Waals surface area contributed by atoms with E-state index in [2.05, 4.69) is 13.8 Å². The second kappa shape index (κ2) is 8.94. The van der Waals surface area contributed by atoms with E-state index in [1.165, 1.54) is 25.7 Å². The lowest BCUT2D eigenvalue weighted by Crippen LogP contribution is -2.32. The van der Waals surface area contributed by atoms with Crippen LogP contribution >= 0.6 is 0 Å². The zero-order chi connectivity index (χ0) is 19.2. The van der Waals surface area contributed by atoms with E-state index in [0.29, 0.717) is 11.5 Å². The summed E-state index contributed by atoms with van der Waals surface area (Å²) in [5, 5.41) is 0. The molecule has 2 atom stereocenters. The number of hydrogen-bond acceptors (Lipinski definition) is 4. The molecule has 0 aliphatic carbocycles. The van der Waals surface area contributed by atoms with Crippen LogP contribution in [-0.2, 0) is 4.79 Å². The number of benzene rings is 2. The number of fused-ring (bicyclic) bond motifs is 1. The van der Waals surface area contributed by atoms with Crippen molar-refractivity contribution in [2.45, 2.75) is 65.1 Å². The summed E-state index contributed by atoms with van der Waals surface area (Å²) in [6.45, 7) is 6.03. The number of esters is 1. The van der Waals surface area contributed by atoms with Crippen LogP contribution in [0.2, 0.25) is 0 Å². The van der Waals surface area contributed by atoms with Crippen molar-refractivity contribution in [1.29, 1.82) is 0 Å². The van der Waals surface area contributed by atoms with Crippen molar-refractivity contribution in [2.75, 3.05) is 0 Å². The topological polar surface area (TPSA) is 44.8 Å². The predicted molar refractivity (Wildman–Crippen MR) is 106 cm³/mol. The van der Waals surface area contributed by atoms with Crippen LogP contribution in [0.25, 0.3) is 11.1 Å². The average molecular weight is 368 g/mol. The van der Waals surface area contributed by atoms with E-state index in [4.69, 9.17) is 14.2 Å². The number of rotatable bonds is 8. The third-order valence-corrected chi connectivity index (χ3v) is 4.78. The molecule has 4 nitrogen and oxygen atoms in total. The number of unbranched alkanes of at least 4 members (excludes halogenated alkanes) is 3. The highest BCUT2D eigenvalue weighted by Crippen LogP contribution is 2.36. The quantitative estimate of drug-likeness (QED) is 0.337. The summed E-state index contributed by atoms with van der Waals surface area (Å²) in [4.78, 5) is 11.7. The molecule has 3 rings (SSSR count). The summed E-state index contributed by atoms with van der Waals surface area (Å²) in [6, 6.07) is 13.7. The van der Waals surface area contributed by atoms with Crippen molar-refractivity contribution in [2.24, 2.45) is 0 Å². The highest BCUT2D eigenvalue weighted by molar-refractivity contribution is 5.81. The molecule has 0 fully saturated rings. The third-order valence-electron chi connectivity index (χ3n) is 4.78. The van der Waals surface area contributed by atoms with Crippen LogP contribution in [0.15, 0.2) is 42.5 Å². The molecule has 2 aromatic carbocycles. The Balaban J connectivity index is 1.62. The maximum Gasteiger partial charge on any atom is 0.352 e. The number of ether oxygens (including phenoxy) is 3. The summed E-state index contributed by atoms with van der Waals surface area (Å²) >= 11 is 0. The Kier molecular flexibility index (Phi) is 6.38. The fourth-order valence-corrected chi connectivity index (χ4v) is 3.17. The zero-order valence-electron chi connectivity index (χ0n) is 16.4. The van der Waals surface area contributed by atoms with Gasteiger partial charge in [-0.1, -0.05) is 44.4 Å². The molecule has 0 amide bonds. The van der Waals surface area contributed by atoms with Crippen LogP contribution in [0.3, 0.4) is 0 Å². The standard InChI is InChI=1S/C23H28O4/c1-4-5-6-7-8-16(2)25-20-12-9-18(10-13-20)19-11-14-21-22(15-19)27-23(24)17(3)26-21/h9-17H,4-8H2,1-3H3/t16-,17+/m0/s1. The first-order chi connectivity index (χ1) is 13.1. The molecule has 1 heterocycles. The van der Waals surface area contributed by atoms with Gasteiger partial charge < -0.3 is 14.2 Å². The fourth-order valence-electron chi connectivity index (χ4n) is 3.17. The van der Waals surface area contributed by atoms with Gasteiger partial charge in [0.1, 0.15) is 5.75 Å². The highest BCUT2D eigenvalue weighted by atomic mass is 16.6. The molecular weight excluding hydrogens is 340 g/mol. The van der Waals surface area contributed by atoms with Crippen LogP contribution in [0.5, 0.6) is 17.2 Å². The van der Waals surface area contributed by atoms with Crippen LogP contribution in [0, 0.1) is 0 Å². The Morgan fingerprint density at radius 1 is 1.00 bits per heavy atom. The molecule has 0 spiro atoms. The Bertz CT molecular complexity index is 766. The van der Waals surface area contributed by atoms with Crippen molar-refractivity contribution >= 4 is 5.97 Å². The van der Waals surface area contributed by atoms with Crippen molar-refractivity contribution in [1.82, 2.24) is 0 Å². The zero-order valence-corrected chi connectivity index (χ0v) is 16.4. The minimum atomic E-state index is -0.566. The molecule has 0 saturated carbocycles. The maximum absolute atomic E-state index is 11.7. The van der Waals surface area contributed by atoms with Crippen molar-refractivity contribution in [3.05, 3.63) is 42.5 Å². The van der Waals surface area contributed by atoms with Crippen LogP contribution in [-0.4, -0.2) is 18.2 Å². The minimum absolute atomic E-state index is 0.218. The Hall–Kier alpha value is -2.49. The van der Waals surface area contributed by atoms with Gasteiger partial charge >= 0.3 is 5.97 Å². The molecule has 0 bridgehead atoms. The smallest absolute Gasteiger partial charge is 0.352 e. The van der Waals surface area contributed by atoms with Gasteiger partial charge in [-0.2, -0.15) is 0 Å². The first-order valence-corrected chi connectivity index (χ1v) is 9.86. The van der Waals surface area contributed by atoms with Gasteiger partial charge in [0.25, 0.3) is 0 Å². The van der Waals surface area contributed by atoms with Crippen LogP contribution < -0.4 is 14.2 Å². The van der Waals surface area contributed by atoms with E-state index in [9.17, 15) is 4.79 Å². The fraction of sp³-hybridized carbons (Fsp3) is 0.435. The number of hydrogen-bond donors (Lipinski definition) is 0. The summed E-state index contributed by atoms with van der Waals surface area (Å²) in [7, 11) is 0. The predicted octanol–water partition coefficient (Wildman–Crippen LogP) is 5.78. The maximum atomic E-state index is 11.7. The molecule has 0 unspecified atom stereocenters. The van der Waals surface area contributed by atoms with Gasteiger partial charge in [0.15, 0.2) is 17.6 Å². The van der Waals surface area contributed by atoms with Gasteiger partial charge in [0.2, 0.25) is 0 Å².